The van der Waals surface area contributed by atoms with E-state index >= 15 is 0 Å². The average Bonchev–Trinajstić information content (AvgIpc) is 2.43. The lowest BCUT2D eigenvalue weighted by Gasteiger charge is -2.12. The van der Waals surface area contributed by atoms with Crippen LogP contribution in [0.25, 0.3) is 10.8 Å². The quantitative estimate of drug-likeness (QED) is 0.752. The van der Waals surface area contributed by atoms with Crippen molar-refractivity contribution >= 4 is 20.3 Å². The van der Waals surface area contributed by atoms with Gasteiger partial charge in [-0.3, -0.25) is 0 Å². The van der Waals surface area contributed by atoms with E-state index in [1.807, 2.05) is 20.8 Å². The average molecular weight is 266 g/mol. The first-order valence-electron chi connectivity index (χ1n) is 6.43. The molecule has 0 saturated carbocycles. The van der Waals surface area contributed by atoms with Gasteiger partial charge in [0.05, 0.1) is 0 Å². The summed E-state index contributed by atoms with van der Waals surface area (Å²) in [6.07, 6.45) is 0. The van der Waals surface area contributed by atoms with Crippen molar-refractivity contribution in [3.63, 3.8) is 0 Å². The zero-order valence-electron chi connectivity index (χ0n) is 11.4. The molecule has 100 valence electrons. The molecule has 2 bridgehead atoms. The first-order valence-corrected chi connectivity index (χ1v) is 7.84. The highest BCUT2D eigenvalue weighted by Gasteiger charge is 2.11. The van der Waals surface area contributed by atoms with Crippen LogP contribution in [0.1, 0.15) is 20.8 Å². The maximum atomic E-state index is 5.22. The van der Waals surface area contributed by atoms with E-state index in [2.05, 4.69) is 36.4 Å². The van der Waals surface area contributed by atoms with Gasteiger partial charge in [-0.1, -0.05) is 36.4 Å². The molecule has 0 heterocycles. The molecule has 0 aliphatic carbocycles. The fraction of sp³-hybridized carbons (Fsp3) is 0.429. The van der Waals surface area contributed by atoms with Gasteiger partial charge in [-0.05, 0) is 31.5 Å². The molecule has 0 N–H and O–H groups in total. The van der Waals surface area contributed by atoms with E-state index < -0.39 is 9.53 Å². The lowest BCUT2D eigenvalue weighted by atomic mass is 10.1. The molecule has 0 spiro atoms. The van der Waals surface area contributed by atoms with Gasteiger partial charge in [-0.15, -0.1) is 0 Å². The summed E-state index contributed by atoms with van der Waals surface area (Å²) < 4.78 is 15.7. The molecular formula is C14H22O3Si. The maximum absolute atomic E-state index is 5.22. The molecule has 0 unspecified atom stereocenters. The van der Waals surface area contributed by atoms with Crippen LogP contribution in [0.2, 0.25) is 0 Å². The van der Waals surface area contributed by atoms with Crippen molar-refractivity contribution in [3.8, 4) is 0 Å². The van der Waals surface area contributed by atoms with Gasteiger partial charge in [0, 0.05) is 19.8 Å². The predicted molar refractivity (Wildman–Crippen MR) is 77.2 cm³/mol. The smallest absolute Gasteiger partial charge is 0.376 e. The molecule has 3 nitrogen and oxygen atoms in total. The SMILES string of the molecule is CCO[SiH](OCC)OCC.c1cc2ccc1cc2. The lowest BCUT2D eigenvalue weighted by molar-refractivity contribution is 0.107. The van der Waals surface area contributed by atoms with E-state index in [0.717, 1.165) is 0 Å². The summed E-state index contributed by atoms with van der Waals surface area (Å²) in [4.78, 5) is 0. The van der Waals surface area contributed by atoms with Crippen LogP contribution >= 0.6 is 0 Å². The zero-order chi connectivity index (χ0) is 13.2. The minimum atomic E-state index is -1.73. The number of hydrogen-bond donors (Lipinski definition) is 0. The molecule has 3 rings (SSSR count). The molecule has 4 heteroatoms. The van der Waals surface area contributed by atoms with Gasteiger partial charge in [-0.2, -0.15) is 0 Å². The van der Waals surface area contributed by atoms with Crippen LogP contribution in [0, 0.1) is 0 Å². The van der Waals surface area contributed by atoms with E-state index in [4.69, 9.17) is 13.3 Å². The van der Waals surface area contributed by atoms with E-state index in [1.54, 1.807) is 0 Å². The molecule has 0 aliphatic heterocycles. The topological polar surface area (TPSA) is 27.7 Å². The first kappa shape index (κ1) is 15.1. The Morgan fingerprint density at radius 2 is 0.944 bits per heavy atom. The molecule has 0 aliphatic rings. The van der Waals surface area contributed by atoms with Crippen LogP contribution in [0.4, 0.5) is 0 Å². The summed E-state index contributed by atoms with van der Waals surface area (Å²) in [7, 11) is -1.73. The standard InChI is InChI=1S/C8H6.C6H16O3Si/c1-2-8-5-3-7(1)4-6-8;1-4-7-10(8-5-2)9-6-3/h1-6H;10H,4-6H2,1-3H3. The lowest BCUT2D eigenvalue weighted by Crippen LogP contribution is -2.27. The summed E-state index contributed by atoms with van der Waals surface area (Å²) in [5, 5.41) is 2.61. The third kappa shape index (κ3) is 5.60. The van der Waals surface area contributed by atoms with Gasteiger partial charge in [0.2, 0.25) is 0 Å². The Bertz CT molecular complexity index is 316. The third-order valence-electron chi connectivity index (χ3n) is 2.31. The second-order valence-corrected chi connectivity index (χ2v) is 5.23. The van der Waals surface area contributed by atoms with Crippen LogP contribution in [0.5, 0.6) is 0 Å². The van der Waals surface area contributed by atoms with Crippen LogP contribution < -0.4 is 0 Å². The first-order chi connectivity index (χ1) is 8.80. The zero-order valence-corrected chi connectivity index (χ0v) is 12.5. The Hall–Kier alpha value is -0.943. The maximum Gasteiger partial charge on any atom is 0.484 e. The number of fused-ring (bicyclic) bond motifs is 3. The summed E-state index contributed by atoms with van der Waals surface area (Å²) in [5.41, 5.74) is 0. The van der Waals surface area contributed by atoms with Crippen LogP contribution in [0.15, 0.2) is 36.4 Å². The van der Waals surface area contributed by atoms with Crippen LogP contribution in [0.3, 0.4) is 0 Å². The van der Waals surface area contributed by atoms with Gasteiger partial charge < -0.3 is 13.3 Å². The van der Waals surface area contributed by atoms with E-state index in [0.29, 0.717) is 19.8 Å². The van der Waals surface area contributed by atoms with Crippen molar-refractivity contribution in [3.05, 3.63) is 36.4 Å². The molecule has 0 radical (unpaired) electrons. The minimum Gasteiger partial charge on any atom is -0.376 e. The molecule has 0 saturated heterocycles. The minimum absolute atomic E-state index is 0.677. The third-order valence-corrected chi connectivity index (χ3v) is 4.13. The highest BCUT2D eigenvalue weighted by molar-refractivity contribution is 6.36. The Labute approximate surface area is 111 Å². The monoisotopic (exact) mass is 266 g/mol. The summed E-state index contributed by atoms with van der Waals surface area (Å²) in [6, 6.07) is 12.7. The highest BCUT2D eigenvalue weighted by atomic mass is 28.3. The van der Waals surface area contributed by atoms with Crippen molar-refractivity contribution in [2.75, 3.05) is 19.8 Å². The molecule has 3 aromatic rings. The van der Waals surface area contributed by atoms with Gasteiger partial charge >= 0.3 is 9.53 Å². The van der Waals surface area contributed by atoms with Crippen molar-refractivity contribution in [1.29, 1.82) is 0 Å². The molecule has 18 heavy (non-hydrogen) atoms. The fourth-order valence-electron chi connectivity index (χ4n) is 1.46. The number of rotatable bonds is 6. The summed E-state index contributed by atoms with van der Waals surface area (Å²) in [6.45, 7) is 7.86. The summed E-state index contributed by atoms with van der Waals surface area (Å²) in [5.74, 6) is 0. The Morgan fingerprint density at radius 3 is 1.11 bits per heavy atom. The van der Waals surface area contributed by atoms with Crippen LogP contribution in [-0.4, -0.2) is 29.3 Å². The molecular weight excluding hydrogens is 244 g/mol. The molecule has 0 aromatic heterocycles. The predicted octanol–water partition coefficient (Wildman–Crippen LogP) is 3.09. The summed E-state index contributed by atoms with van der Waals surface area (Å²) >= 11 is 0. The van der Waals surface area contributed by atoms with Crippen LogP contribution in [-0.2, 0) is 13.3 Å². The van der Waals surface area contributed by atoms with E-state index in [1.165, 1.54) is 10.8 Å². The molecule has 3 aromatic carbocycles. The normalized spacial score (nSPS) is 10.7. The largest absolute Gasteiger partial charge is 0.484 e. The van der Waals surface area contributed by atoms with Gasteiger partial charge in [-0.25, -0.2) is 0 Å². The van der Waals surface area contributed by atoms with Gasteiger partial charge in [0.25, 0.3) is 0 Å². The molecule has 0 amide bonds. The Balaban J connectivity index is 0.000000182. The molecule has 0 fully saturated rings. The highest BCUT2D eigenvalue weighted by Crippen LogP contribution is 2.09. The Morgan fingerprint density at radius 1 is 0.667 bits per heavy atom. The van der Waals surface area contributed by atoms with E-state index in [-0.39, 0.29) is 0 Å². The van der Waals surface area contributed by atoms with Crippen molar-refractivity contribution in [2.45, 2.75) is 20.8 Å². The molecule has 0 atom stereocenters. The fourth-order valence-corrected chi connectivity index (χ4v) is 2.57. The number of hydrogen-bond acceptors (Lipinski definition) is 3. The second kappa shape index (κ2) is 9.05. The van der Waals surface area contributed by atoms with Crippen molar-refractivity contribution in [1.82, 2.24) is 0 Å². The second-order valence-electron chi connectivity index (χ2n) is 3.65. The van der Waals surface area contributed by atoms with Gasteiger partial charge in [0.15, 0.2) is 0 Å². The van der Waals surface area contributed by atoms with Gasteiger partial charge in [0.1, 0.15) is 0 Å². The van der Waals surface area contributed by atoms with E-state index in [9.17, 15) is 0 Å². The Kier molecular flexibility index (Phi) is 7.60. The van der Waals surface area contributed by atoms with Crippen molar-refractivity contribution < 1.29 is 13.3 Å². The van der Waals surface area contributed by atoms with Crippen molar-refractivity contribution in [2.24, 2.45) is 0 Å². The number of benzene rings is 3.